The molecule has 2 amide bonds. The molecule has 8 nitrogen and oxygen atoms in total. The number of anilines is 1. The van der Waals surface area contributed by atoms with Crippen LogP contribution in [-0.2, 0) is 26.2 Å². The van der Waals surface area contributed by atoms with Crippen molar-refractivity contribution >= 4 is 27.5 Å². The van der Waals surface area contributed by atoms with Crippen LogP contribution >= 0.6 is 0 Å². The van der Waals surface area contributed by atoms with Crippen LogP contribution in [-0.4, -0.2) is 57.1 Å². The fourth-order valence-corrected chi connectivity index (χ4v) is 4.08. The zero-order valence-corrected chi connectivity index (χ0v) is 20.2. The first-order valence-corrected chi connectivity index (χ1v) is 12.2. The normalized spacial score (nSPS) is 12.2. The molecule has 0 aliphatic rings. The molecule has 0 spiro atoms. The summed E-state index contributed by atoms with van der Waals surface area (Å²) < 4.78 is 45.7. The largest absolute Gasteiger partial charge is 0.495 e. The summed E-state index contributed by atoms with van der Waals surface area (Å²) in [5.74, 6) is -1.36. The lowest BCUT2D eigenvalue weighted by molar-refractivity contribution is -0.139. The van der Waals surface area contributed by atoms with Gasteiger partial charge in [0.15, 0.2) is 0 Å². The van der Waals surface area contributed by atoms with Crippen molar-refractivity contribution in [2.45, 2.75) is 39.4 Å². The molecule has 2 aromatic carbocycles. The van der Waals surface area contributed by atoms with Crippen molar-refractivity contribution in [2.75, 3.05) is 24.2 Å². The van der Waals surface area contributed by atoms with Crippen LogP contribution < -0.4 is 14.4 Å². The Bertz CT molecular complexity index is 1090. The summed E-state index contributed by atoms with van der Waals surface area (Å²) in [6.45, 7) is 4.28. The van der Waals surface area contributed by atoms with Crippen molar-refractivity contribution in [3.63, 3.8) is 0 Å². The molecular formula is C23H30FN3O5S. The molecule has 33 heavy (non-hydrogen) atoms. The summed E-state index contributed by atoms with van der Waals surface area (Å²) in [7, 11) is -2.50. The fourth-order valence-electron chi connectivity index (χ4n) is 3.23. The van der Waals surface area contributed by atoms with Crippen molar-refractivity contribution in [3.8, 4) is 5.75 Å². The molecule has 0 radical (unpaired) electrons. The summed E-state index contributed by atoms with van der Waals surface area (Å²) in [4.78, 5) is 27.2. The molecule has 0 saturated heterocycles. The number of sulfonamides is 1. The quantitative estimate of drug-likeness (QED) is 0.565. The van der Waals surface area contributed by atoms with Gasteiger partial charge in [-0.25, -0.2) is 12.8 Å². The number of nitrogens with one attached hydrogen (secondary N) is 1. The number of para-hydroxylation sites is 2. The van der Waals surface area contributed by atoms with E-state index in [2.05, 4.69) is 5.32 Å². The van der Waals surface area contributed by atoms with Gasteiger partial charge in [0.25, 0.3) is 0 Å². The first-order chi connectivity index (χ1) is 15.5. The molecule has 0 saturated carbocycles. The van der Waals surface area contributed by atoms with Crippen molar-refractivity contribution in [3.05, 3.63) is 59.9 Å². The maximum absolute atomic E-state index is 14.3. The third-order valence-corrected chi connectivity index (χ3v) is 6.06. The molecule has 0 aliphatic carbocycles. The van der Waals surface area contributed by atoms with E-state index in [9.17, 15) is 22.4 Å². The number of hydrogen-bond donors (Lipinski definition) is 1. The number of methoxy groups -OCH3 is 1. The van der Waals surface area contributed by atoms with Gasteiger partial charge in [-0.3, -0.25) is 13.9 Å². The Kier molecular flexibility index (Phi) is 8.81. The van der Waals surface area contributed by atoms with E-state index >= 15 is 0 Å². The van der Waals surface area contributed by atoms with Crippen molar-refractivity contribution in [2.24, 2.45) is 0 Å². The van der Waals surface area contributed by atoms with Gasteiger partial charge < -0.3 is 15.0 Å². The Morgan fingerprint density at radius 3 is 2.24 bits per heavy atom. The van der Waals surface area contributed by atoms with E-state index in [1.807, 2.05) is 0 Å². The topological polar surface area (TPSA) is 96.0 Å². The van der Waals surface area contributed by atoms with E-state index in [1.165, 1.54) is 43.2 Å². The van der Waals surface area contributed by atoms with Crippen LogP contribution in [0.3, 0.4) is 0 Å². The third kappa shape index (κ3) is 6.92. The number of carbonyl (C=O) groups excluding carboxylic acids is 2. The van der Waals surface area contributed by atoms with Crippen molar-refractivity contribution in [1.29, 1.82) is 0 Å². The van der Waals surface area contributed by atoms with Gasteiger partial charge in [0.2, 0.25) is 21.8 Å². The van der Waals surface area contributed by atoms with Gasteiger partial charge in [-0.15, -0.1) is 0 Å². The Morgan fingerprint density at radius 2 is 1.67 bits per heavy atom. The lowest BCUT2D eigenvalue weighted by Gasteiger charge is -2.32. The molecule has 2 rings (SSSR count). The average molecular weight is 480 g/mol. The predicted octanol–water partition coefficient (Wildman–Crippen LogP) is 2.54. The van der Waals surface area contributed by atoms with Crippen LogP contribution in [0.25, 0.3) is 0 Å². The highest BCUT2D eigenvalue weighted by atomic mass is 32.2. The second kappa shape index (κ2) is 11.1. The number of amides is 2. The molecule has 0 bridgehead atoms. The minimum atomic E-state index is -3.89. The second-order valence-corrected chi connectivity index (χ2v) is 9.80. The van der Waals surface area contributed by atoms with Crippen LogP contribution in [0.4, 0.5) is 10.1 Å². The van der Waals surface area contributed by atoms with Gasteiger partial charge in [0.05, 0.1) is 19.1 Å². The van der Waals surface area contributed by atoms with E-state index in [0.29, 0.717) is 0 Å². The van der Waals surface area contributed by atoms with Gasteiger partial charge in [-0.05, 0) is 39.0 Å². The molecule has 180 valence electrons. The lowest BCUT2D eigenvalue weighted by atomic mass is 10.1. The summed E-state index contributed by atoms with van der Waals surface area (Å²) in [5.41, 5.74) is 0.388. The van der Waals surface area contributed by atoms with Gasteiger partial charge in [-0.1, -0.05) is 30.3 Å². The number of nitrogens with zero attached hydrogens (tertiary/aromatic N) is 2. The fraction of sp³-hybridized carbons (Fsp3) is 0.391. The van der Waals surface area contributed by atoms with Crippen molar-refractivity contribution < 1.29 is 27.1 Å². The Hall–Kier alpha value is -3.14. The summed E-state index contributed by atoms with van der Waals surface area (Å²) >= 11 is 0. The average Bonchev–Trinajstić information content (AvgIpc) is 2.75. The summed E-state index contributed by atoms with van der Waals surface area (Å²) in [6, 6.07) is 11.2. The van der Waals surface area contributed by atoms with E-state index in [-0.39, 0.29) is 29.6 Å². The minimum Gasteiger partial charge on any atom is -0.495 e. The smallest absolute Gasteiger partial charge is 0.244 e. The Labute approximate surface area is 194 Å². The van der Waals surface area contributed by atoms with Gasteiger partial charge in [0.1, 0.15) is 24.2 Å². The van der Waals surface area contributed by atoms with Gasteiger partial charge in [0, 0.05) is 18.2 Å². The molecule has 1 N–H and O–H groups in total. The Morgan fingerprint density at radius 1 is 1.06 bits per heavy atom. The number of hydrogen-bond acceptors (Lipinski definition) is 5. The lowest BCUT2D eigenvalue weighted by Crippen LogP contribution is -2.52. The molecule has 0 heterocycles. The number of benzene rings is 2. The predicted molar refractivity (Wildman–Crippen MR) is 125 cm³/mol. The van der Waals surface area contributed by atoms with Crippen LogP contribution in [0.5, 0.6) is 5.75 Å². The highest BCUT2D eigenvalue weighted by Crippen LogP contribution is 2.29. The number of ether oxygens (including phenoxy) is 1. The van der Waals surface area contributed by atoms with E-state index in [4.69, 9.17) is 4.74 Å². The van der Waals surface area contributed by atoms with E-state index in [0.717, 1.165) is 10.6 Å². The van der Waals surface area contributed by atoms with Gasteiger partial charge in [-0.2, -0.15) is 0 Å². The second-order valence-electron chi connectivity index (χ2n) is 7.89. The Balaban J connectivity index is 2.44. The summed E-state index contributed by atoms with van der Waals surface area (Å²) in [5, 5.41) is 2.73. The molecule has 2 aromatic rings. The van der Waals surface area contributed by atoms with Crippen LogP contribution in [0, 0.1) is 5.82 Å². The SMILES string of the molecule is COc1ccccc1N(CC(=O)N(Cc1ccccc1F)[C@H](C)C(=O)NC(C)C)S(C)(=O)=O. The number of rotatable bonds is 10. The van der Waals surface area contributed by atoms with E-state index < -0.39 is 40.2 Å². The van der Waals surface area contributed by atoms with Crippen LogP contribution in [0.15, 0.2) is 48.5 Å². The maximum atomic E-state index is 14.3. The van der Waals surface area contributed by atoms with Crippen LogP contribution in [0.2, 0.25) is 0 Å². The highest BCUT2D eigenvalue weighted by molar-refractivity contribution is 7.92. The third-order valence-electron chi connectivity index (χ3n) is 4.93. The molecule has 1 atom stereocenters. The standard InChI is InChI=1S/C23H30FN3O5S/c1-16(2)25-23(29)17(3)26(14-18-10-6-7-11-19(18)24)22(28)15-27(33(5,30)31)20-12-8-9-13-21(20)32-4/h6-13,16-17H,14-15H2,1-5H3,(H,25,29)/t17-/m1/s1. The first kappa shape index (κ1) is 26.1. The molecule has 0 aliphatic heterocycles. The number of halogens is 1. The van der Waals surface area contributed by atoms with E-state index in [1.54, 1.807) is 38.1 Å². The first-order valence-electron chi connectivity index (χ1n) is 10.4. The zero-order chi connectivity index (χ0) is 24.8. The number of carbonyl (C=O) groups is 2. The monoisotopic (exact) mass is 479 g/mol. The highest BCUT2D eigenvalue weighted by Gasteiger charge is 2.31. The molecule has 10 heteroatoms. The van der Waals surface area contributed by atoms with Gasteiger partial charge >= 0.3 is 0 Å². The molecule has 0 aromatic heterocycles. The summed E-state index contributed by atoms with van der Waals surface area (Å²) in [6.07, 6.45) is 0.975. The molecule has 0 unspecified atom stereocenters. The molecular weight excluding hydrogens is 449 g/mol. The minimum absolute atomic E-state index is 0.175. The maximum Gasteiger partial charge on any atom is 0.244 e. The molecule has 0 fully saturated rings. The van der Waals surface area contributed by atoms with Crippen LogP contribution in [0.1, 0.15) is 26.3 Å². The van der Waals surface area contributed by atoms with Crippen molar-refractivity contribution in [1.82, 2.24) is 10.2 Å². The zero-order valence-electron chi connectivity index (χ0n) is 19.4.